The minimum Gasteiger partial charge on any atom is -0.478 e. The van der Waals surface area contributed by atoms with Gasteiger partial charge < -0.3 is 21.1 Å². The number of nitrogens with two attached hydrogens (primary N) is 1. The molecule has 0 radical (unpaired) electrons. The Morgan fingerprint density at radius 3 is 3.00 bits per heavy atom. The average Bonchev–Trinajstić information content (AvgIpc) is 2.41. The molecule has 0 aromatic heterocycles. The summed E-state index contributed by atoms with van der Waals surface area (Å²) in [5.74, 6) is -1.02. The van der Waals surface area contributed by atoms with E-state index in [2.05, 4.69) is 17.1 Å². The molecular weight excluding hydrogens is 278 g/mol. The van der Waals surface area contributed by atoms with E-state index in [9.17, 15) is 9.90 Å². The van der Waals surface area contributed by atoms with E-state index in [1.807, 2.05) is 0 Å². The van der Waals surface area contributed by atoms with Crippen molar-refractivity contribution < 1.29 is 9.90 Å². The molecule has 0 amide bonds. The predicted molar refractivity (Wildman–Crippen MR) is 81.6 cm³/mol. The molecule has 110 valence electrons. The van der Waals surface area contributed by atoms with Crippen LogP contribution in [-0.4, -0.2) is 41.7 Å². The SMILES string of the molecule is CCN1CCCC(Nc2c(Cl)cc(N)cc2C(=O)O)C1. The fourth-order valence-corrected chi connectivity index (χ4v) is 2.89. The molecule has 1 fully saturated rings. The monoisotopic (exact) mass is 297 g/mol. The van der Waals surface area contributed by atoms with Gasteiger partial charge in [0.15, 0.2) is 0 Å². The summed E-state index contributed by atoms with van der Waals surface area (Å²) in [5.41, 5.74) is 6.61. The maximum atomic E-state index is 11.3. The molecule has 0 saturated carbocycles. The molecule has 1 saturated heterocycles. The lowest BCUT2D eigenvalue weighted by Gasteiger charge is -2.33. The number of carbonyl (C=O) groups is 1. The van der Waals surface area contributed by atoms with Crippen LogP contribution in [0, 0.1) is 0 Å². The zero-order valence-corrected chi connectivity index (χ0v) is 12.3. The molecule has 1 aliphatic heterocycles. The Balaban J connectivity index is 2.22. The smallest absolute Gasteiger partial charge is 0.337 e. The van der Waals surface area contributed by atoms with Crippen LogP contribution in [0.4, 0.5) is 11.4 Å². The van der Waals surface area contributed by atoms with Gasteiger partial charge in [0, 0.05) is 18.3 Å². The fourth-order valence-electron chi connectivity index (χ4n) is 2.61. The van der Waals surface area contributed by atoms with E-state index in [1.54, 1.807) is 6.07 Å². The average molecular weight is 298 g/mol. The lowest BCUT2D eigenvalue weighted by molar-refractivity contribution is 0.0698. The normalized spacial score (nSPS) is 19.8. The molecule has 1 aromatic carbocycles. The van der Waals surface area contributed by atoms with Gasteiger partial charge in [-0.2, -0.15) is 0 Å². The van der Waals surface area contributed by atoms with Crippen molar-refractivity contribution in [2.24, 2.45) is 0 Å². The van der Waals surface area contributed by atoms with Crippen LogP contribution < -0.4 is 11.1 Å². The van der Waals surface area contributed by atoms with Crippen LogP contribution in [0.15, 0.2) is 12.1 Å². The minimum atomic E-state index is -1.02. The van der Waals surface area contributed by atoms with E-state index < -0.39 is 5.97 Å². The zero-order valence-electron chi connectivity index (χ0n) is 11.5. The number of nitrogens with zero attached hydrogens (tertiary/aromatic N) is 1. The van der Waals surface area contributed by atoms with Gasteiger partial charge in [-0.25, -0.2) is 4.79 Å². The molecule has 1 unspecified atom stereocenters. The number of nitrogen functional groups attached to an aromatic ring is 1. The number of hydrogen-bond donors (Lipinski definition) is 3. The maximum Gasteiger partial charge on any atom is 0.337 e. The highest BCUT2D eigenvalue weighted by molar-refractivity contribution is 6.34. The zero-order chi connectivity index (χ0) is 14.7. The lowest BCUT2D eigenvalue weighted by atomic mass is 10.0. The van der Waals surface area contributed by atoms with E-state index in [0.717, 1.165) is 32.5 Å². The summed E-state index contributed by atoms with van der Waals surface area (Å²) in [6.45, 7) is 5.12. The highest BCUT2D eigenvalue weighted by atomic mass is 35.5. The van der Waals surface area contributed by atoms with Gasteiger partial charge in [-0.15, -0.1) is 0 Å². The maximum absolute atomic E-state index is 11.3. The van der Waals surface area contributed by atoms with Gasteiger partial charge in [0.05, 0.1) is 16.3 Å². The largest absolute Gasteiger partial charge is 0.478 e. The molecule has 1 aromatic rings. The molecule has 0 bridgehead atoms. The third-order valence-electron chi connectivity index (χ3n) is 3.64. The van der Waals surface area contributed by atoms with E-state index in [1.165, 1.54) is 6.07 Å². The molecule has 1 heterocycles. The Morgan fingerprint density at radius 1 is 1.60 bits per heavy atom. The topological polar surface area (TPSA) is 78.6 Å². The van der Waals surface area contributed by atoms with Crippen LogP contribution in [0.1, 0.15) is 30.1 Å². The van der Waals surface area contributed by atoms with Gasteiger partial charge in [0.25, 0.3) is 0 Å². The number of likely N-dealkylation sites (tertiary alicyclic amines) is 1. The summed E-state index contributed by atoms with van der Waals surface area (Å²) in [6, 6.07) is 3.23. The highest BCUT2D eigenvalue weighted by Crippen LogP contribution is 2.31. The molecule has 1 atom stereocenters. The number of piperidine rings is 1. The van der Waals surface area contributed by atoms with Crippen LogP contribution in [0.3, 0.4) is 0 Å². The number of carboxylic acids is 1. The van der Waals surface area contributed by atoms with Crippen molar-refractivity contribution in [1.29, 1.82) is 0 Å². The molecule has 4 N–H and O–H groups in total. The Morgan fingerprint density at radius 2 is 2.35 bits per heavy atom. The number of carboxylic acid groups (broad SMARTS) is 1. The lowest BCUT2D eigenvalue weighted by Crippen LogP contribution is -2.42. The van der Waals surface area contributed by atoms with Crippen LogP contribution >= 0.6 is 11.6 Å². The Bertz CT molecular complexity index is 507. The van der Waals surface area contributed by atoms with Crippen molar-refractivity contribution in [2.45, 2.75) is 25.8 Å². The second kappa shape index (κ2) is 6.33. The number of aromatic carboxylic acids is 1. The molecule has 0 aliphatic carbocycles. The predicted octanol–water partition coefficient (Wildman–Crippen LogP) is 2.52. The van der Waals surface area contributed by atoms with Crippen molar-refractivity contribution >= 4 is 28.9 Å². The number of likely N-dealkylation sites (N-methyl/N-ethyl adjacent to an activating group) is 1. The molecule has 0 spiro atoms. The number of benzene rings is 1. The molecule has 5 nitrogen and oxygen atoms in total. The molecule has 1 aliphatic rings. The molecule has 20 heavy (non-hydrogen) atoms. The summed E-state index contributed by atoms with van der Waals surface area (Å²) in [6.07, 6.45) is 2.11. The third kappa shape index (κ3) is 3.35. The quantitative estimate of drug-likeness (QED) is 0.744. The van der Waals surface area contributed by atoms with E-state index in [-0.39, 0.29) is 11.6 Å². The highest BCUT2D eigenvalue weighted by Gasteiger charge is 2.22. The second-order valence-corrected chi connectivity index (χ2v) is 5.51. The van der Waals surface area contributed by atoms with Gasteiger partial charge >= 0.3 is 5.97 Å². The number of hydrogen-bond acceptors (Lipinski definition) is 4. The summed E-state index contributed by atoms with van der Waals surface area (Å²) < 4.78 is 0. The summed E-state index contributed by atoms with van der Waals surface area (Å²) in [4.78, 5) is 13.7. The number of nitrogens with one attached hydrogen (secondary N) is 1. The first-order valence-corrected chi connectivity index (χ1v) is 7.20. The van der Waals surface area contributed by atoms with Crippen molar-refractivity contribution in [2.75, 3.05) is 30.7 Å². The van der Waals surface area contributed by atoms with Gasteiger partial charge in [0.2, 0.25) is 0 Å². The first-order chi connectivity index (χ1) is 9.51. The van der Waals surface area contributed by atoms with Crippen molar-refractivity contribution in [1.82, 2.24) is 4.90 Å². The van der Waals surface area contributed by atoms with Crippen LogP contribution in [-0.2, 0) is 0 Å². The van der Waals surface area contributed by atoms with E-state index >= 15 is 0 Å². The summed E-state index contributed by atoms with van der Waals surface area (Å²) >= 11 is 6.15. The number of halogens is 1. The van der Waals surface area contributed by atoms with Crippen LogP contribution in [0.25, 0.3) is 0 Å². The standard InChI is InChI=1S/C14H20ClN3O2/c1-2-18-5-3-4-10(8-18)17-13-11(14(19)20)6-9(16)7-12(13)15/h6-7,10,17H,2-5,8,16H2,1H3,(H,19,20). The van der Waals surface area contributed by atoms with Crippen LogP contribution in [0.2, 0.25) is 5.02 Å². The van der Waals surface area contributed by atoms with Crippen LogP contribution in [0.5, 0.6) is 0 Å². The second-order valence-electron chi connectivity index (χ2n) is 5.11. The Kier molecular flexibility index (Phi) is 4.73. The molecular formula is C14H20ClN3O2. The van der Waals surface area contributed by atoms with Gasteiger partial charge in [0.1, 0.15) is 0 Å². The first-order valence-electron chi connectivity index (χ1n) is 6.82. The van der Waals surface area contributed by atoms with Crippen molar-refractivity contribution in [3.05, 3.63) is 22.7 Å². The molecule has 2 rings (SSSR count). The summed E-state index contributed by atoms with van der Waals surface area (Å²) in [7, 11) is 0. The van der Waals surface area contributed by atoms with Crippen molar-refractivity contribution in [3.8, 4) is 0 Å². The van der Waals surface area contributed by atoms with Gasteiger partial charge in [-0.3, -0.25) is 0 Å². The number of anilines is 2. The van der Waals surface area contributed by atoms with Crippen molar-refractivity contribution in [3.63, 3.8) is 0 Å². The summed E-state index contributed by atoms with van der Waals surface area (Å²) in [5, 5.41) is 12.9. The van der Waals surface area contributed by atoms with E-state index in [4.69, 9.17) is 17.3 Å². The van der Waals surface area contributed by atoms with E-state index in [0.29, 0.717) is 16.4 Å². The van der Waals surface area contributed by atoms with Gasteiger partial charge in [-0.1, -0.05) is 18.5 Å². The molecule has 6 heteroatoms. The third-order valence-corrected chi connectivity index (χ3v) is 3.94. The number of rotatable bonds is 4. The minimum absolute atomic E-state index is 0.128. The first kappa shape index (κ1) is 14.9. The Labute approximate surface area is 123 Å². The van der Waals surface area contributed by atoms with Gasteiger partial charge in [-0.05, 0) is 38.1 Å². The fraction of sp³-hybridized carbons (Fsp3) is 0.500. The Hall–Kier alpha value is -1.46.